The molecule has 2 rings (SSSR count). The van der Waals surface area contributed by atoms with E-state index >= 15 is 0 Å². The molecule has 0 radical (unpaired) electrons. The van der Waals surface area contributed by atoms with Crippen molar-refractivity contribution in [3.63, 3.8) is 0 Å². The molecule has 0 aliphatic heterocycles. The number of carbonyl (C=O) groups is 1. The molecule has 0 spiro atoms. The monoisotopic (exact) mass is 242 g/mol. The van der Waals surface area contributed by atoms with E-state index in [1.807, 2.05) is 19.1 Å². The van der Waals surface area contributed by atoms with Gasteiger partial charge in [0.15, 0.2) is 0 Å². The highest BCUT2D eigenvalue weighted by molar-refractivity contribution is 5.81. The molecular formula is C15H14O3. The van der Waals surface area contributed by atoms with Crippen LogP contribution in [0.3, 0.4) is 0 Å². The summed E-state index contributed by atoms with van der Waals surface area (Å²) in [6.45, 7) is 1.94. The molecule has 3 heteroatoms. The first-order valence-electron chi connectivity index (χ1n) is 5.67. The first kappa shape index (κ1) is 12.2. The van der Waals surface area contributed by atoms with Crippen molar-refractivity contribution < 1.29 is 15.0 Å². The van der Waals surface area contributed by atoms with Crippen molar-refractivity contribution in [3.8, 4) is 5.75 Å². The van der Waals surface area contributed by atoms with E-state index < -0.39 is 11.9 Å². The van der Waals surface area contributed by atoms with Crippen LogP contribution in [0.25, 0.3) is 0 Å². The number of benzene rings is 2. The number of rotatable bonds is 3. The summed E-state index contributed by atoms with van der Waals surface area (Å²) < 4.78 is 0. The molecule has 0 fully saturated rings. The van der Waals surface area contributed by atoms with Gasteiger partial charge in [0.2, 0.25) is 0 Å². The minimum absolute atomic E-state index is 0.00507. The summed E-state index contributed by atoms with van der Waals surface area (Å²) in [5, 5.41) is 19.1. The SMILES string of the molecule is Cc1ccc(C(C(=O)O)c2ccccc2O)cc1. The minimum atomic E-state index is -0.972. The van der Waals surface area contributed by atoms with E-state index in [2.05, 4.69) is 0 Å². The molecule has 0 aliphatic rings. The first-order valence-corrected chi connectivity index (χ1v) is 5.67. The second-order valence-electron chi connectivity index (χ2n) is 4.24. The van der Waals surface area contributed by atoms with E-state index in [0.717, 1.165) is 5.56 Å². The van der Waals surface area contributed by atoms with Gasteiger partial charge in [-0.3, -0.25) is 4.79 Å². The Bertz CT molecular complexity index is 558. The van der Waals surface area contributed by atoms with Gasteiger partial charge in [-0.25, -0.2) is 0 Å². The zero-order valence-corrected chi connectivity index (χ0v) is 10.00. The molecule has 2 aromatic carbocycles. The number of aromatic hydroxyl groups is 1. The van der Waals surface area contributed by atoms with Crippen molar-refractivity contribution in [2.75, 3.05) is 0 Å². The maximum Gasteiger partial charge on any atom is 0.315 e. The number of phenols is 1. The lowest BCUT2D eigenvalue weighted by Gasteiger charge is -2.14. The van der Waals surface area contributed by atoms with Gasteiger partial charge in [0.1, 0.15) is 11.7 Å². The number of para-hydroxylation sites is 1. The highest BCUT2D eigenvalue weighted by Gasteiger charge is 2.24. The van der Waals surface area contributed by atoms with Crippen molar-refractivity contribution in [1.82, 2.24) is 0 Å². The standard InChI is InChI=1S/C15H14O3/c1-10-6-8-11(9-7-10)14(15(17)18)12-4-2-3-5-13(12)16/h2-9,14,16H,1H3,(H,17,18). The zero-order chi connectivity index (χ0) is 13.1. The van der Waals surface area contributed by atoms with Crippen LogP contribution in [0.15, 0.2) is 48.5 Å². The Balaban J connectivity index is 2.50. The summed E-state index contributed by atoms with van der Waals surface area (Å²) in [5.74, 6) is -1.81. The normalized spacial score (nSPS) is 12.1. The zero-order valence-electron chi connectivity index (χ0n) is 10.00. The number of aryl methyl sites for hydroxylation is 1. The molecule has 1 unspecified atom stereocenters. The maximum atomic E-state index is 11.4. The van der Waals surface area contributed by atoms with Crippen LogP contribution in [-0.4, -0.2) is 16.2 Å². The molecule has 3 nitrogen and oxygen atoms in total. The molecule has 92 valence electrons. The third kappa shape index (κ3) is 2.35. The average Bonchev–Trinajstić information content (AvgIpc) is 2.34. The fourth-order valence-electron chi connectivity index (χ4n) is 1.95. The molecule has 2 N–H and O–H groups in total. The van der Waals surface area contributed by atoms with Crippen LogP contribution in [-0.2, 0) is 4.79 Å². The lowest BCUT2D eigenvalue weighted by atomic mass is 9.90. The van der Waals surface area contributed by atoms with Crippen LogP contribution in [0.1, 0.15) is 22.6 Å². The molecule has 18 heavy (non-hydrogen) atoms. The van der Waals surface area contributed by atoms with Gasteiger partial charge in [0.25, 0.3) is 0 Å². The molecular weight excluding hydrogens is 228 g/mol. The van der Waals surface area contributed by atoms with Crippen LogP contribution < -0.4 is 0 Å². The second kappa shape index (κ2) is 4.92. The van der Waals surface area contributed by atoms with Crippen LogP contribution >= 0.6 is 0 Å². The predicted molar refractivity (Wildman–Crippen MR) is 68.8 cm³/mol. The molecule has 0 saturated carbocycles. The summed E-state index contributed by atoms with van der Waals surface area (Å²) in [7, 11) is 0. The highest BCUT2D eigenvalue weighted by atomic mass is 16.4. The Hall–Kier alpha value is -2.29. The van der Waals surface area contributed by atoms with Gasteiger partial charge in [-0.2, -0.15) is 0 Å². The molecule has 0 bridgehead atoms. The van der Waals surface area contributed by atoms with E-state index in [1.165, 1.54) is 6.07 Å². The van der Waals surface area contributed by atoms with Crippen molar-refractivity contribution in [1.29, 1.82) is 0 Å². The highest BCUT2D eigenvalue weighted by Crippen LogP contribution is 2.31. The van der Waals surface area contributed by atoms with Gasteiger partial charge in [-0.1, -0.05) is 48.0 Å². The number of hydrogen-bond donors (Lipinski definition) is 2. The largest absolute Gasteiger partial charge is 0.508 e. The Morgan fingerprint density at radius 3 is 2.22 bits per heavy atom. The smallest absolute Gasteiger partial charge is 0.315 e. The maximum absolute atomic E-state index is 11.4. The number of aliphatic carboxylic acids is 1. The minimum Gasteiger partial charge on any atom is -0.508 e. The molecule has 2 aromatic rings. The molecule has 0 aliphatic carbocycles. The second-order valence-corrected chi connectivity index (χ2v) is 4.24. The van der Waals surface area contributed by atoms with Crippen LogP contribution in [0.2, 0.25) is 0 Å². The molecule has 0 amide bonds. The van der Waals surface area contributed by atoms with E-state index in [-0.39, 0.29) is 5.75 Å². The first-order chi connectivity index (χ1) is 8.59. The Morgan fingerprint density at radius 1 is 1.06 bits per heavy atom. The van der Waals surface area contributed by atoms with Crippen molar-refractivity contribution in [2.24, 2.45) is 0 Å². The average molecular weight is 242 g/mol. The van der Waals surface area contributed by atoms with E-state index in [0.29, 0.717) is 11.1 Å². The van der Waals surface area contributed by atoms with Gasteiger partial charge < -0.3 is 10.2 Å². The number of hydrogen-bond acceptors (Lipinski definition) is 2. The Kier molecular flexibility index (Phi) is 3.33. The fourth-order valence-corrected chi connectivity index (χ4v) is 1.95. The molecule has 1 atom stereocenters. The van der Waals surface area contributed by atoms with Gasteiger partial charge in [0, 0.05) is 5.56 Å². The van der Waals surface area contributed by atoms with Crippen LogP contribution in [0, 0.1) is 6.92 Å². The number of carboxylic acids is 1. The molecule has 0 heterocycles. The topological polar surface area (TPSA) is 57.5 Å². The van der Waals surface area contributed by atoms with Gasteiger partial charge in [-0.15, -0.1) is 0 Å². The molecule has 0 aromatic heterocycles. The summed E-state index contributed by atoms with van der Waals surface area (Å²) >= 11 is 0. The van der Waals surface area contributed by atoms with Crippen molar-refractivity contribution in [3.05, 3.63) is 65.2 Å². The van der Waals surface area contributed by atoms with Gasteiger partial charge in [0.05, 0.1) is 0 Å². The Morgan fingerprint density at radius 2 is 1.67 bits per heavy atom. The van der Waals surface area contributed by atoms with E-state index in [4.69, 9.17) is 0 Å². The van der Waals surface area contributed by atoms with Crippen LogP contribution in [0.4, 0.5) is 0 Å². The summed E-state index contributed by atoms with van der Waals surface area (Å²) in [4.78, 5) is 11.4. The third-order valence-electron chi connectivity index (χ3n) is 2.91. The van der Waals surface area contributed by atoms with Gasteiger partial charge >= 0.3 is 5.97 Å². The fraction of sp³-hybridized carbons (Fsp3) is 0.133. The lowest BCUT2D eigenvalue weighted by Crippen LogP contribution is -2.13. The van der Waals surface area contributed by atoms with Crippen molar-refractivity contribution >= 4 is 5.97 Å². The predicted octanol–water partition coefficient (Wildman–Crippen LogP) is 2.92. The van der Waals surface area contributed by atoms with E-state index in [9.17, 15) is 15.0 Å². The van der Waals surface area contributed by atoms with Crippen LogP contribution in [0.5, 0.6) is 5.75 Å². The summed E-state index contributed by atoms with van der Waals surface area (Å²) in [5.41, 5.74) is 2.14. The van der Waals surface area contributed by atoms with E-state index in [1.54, 1.807) is 30.3 Å². The third-order valence-corrected chi connectivity index (χ3v) is 2.91. The number of phenolic OH excluding ortho intramolecular Hbond substituents is 1. The summed E-state index contributed by atoms with van der Waals surface area (Å²) in [6, 6.07) is 13.8. The lowest BCUT2D eigenvalue weighted by molar-refractivity contribution is -0.137. The quantitative estimate of drug-likeness (QED) is 0.870. The van der Waals surface area contributed by atoms with Crippen molar-refractivity contribution in [2.45, 2.75) is 12.8 Å². The molecule has 0 saturated heterocycles. The Labute approximate surface area is 105 Å². The van der Waals surface area contributed by atoms with Gasteiger partial charge in [-0.05, 0) is 18.6 Å². The summed E-state index contributed by atoms with van der Waals surface area (Å²) in [6.07, 6.45) is 0. The number of carboxylic acid groups (broad SMARTS) is 1.